The molecule has 0 fully saturated rings. The van der Waals surface area contributed by atoms with E-state index in [4.69, 9.17) is 4.74 Å². The molecule has 3 aromatic carbocycles. The first-order chi connectivity index (χ1) is 11.5. The summed E-state index contributed by atoms with van der Waals surface area (Å²) in [5, 5.41) is 9.25. The van der Waals surface area contributed by atoms with Crippen LogP contribution >= 0.6 is 0 Å². The van der Waals surface area contributed by atoms with Crippen LogP contribution in [0, 0.1) is 0 Å². The van der Waals surface area contributed by atoms with Crippen LogP contribution in [0.4, 0.5) is 11.4 Å². The SMILES string of the molecule is COc1ccccc1N=Nc1cc(S(=O)(=O)O)c2ccccc2c1.[NaH]. The van der Waals surface area contributed by atoms with Crippen molar-refractivity contribution in [3.63, 3.8) is 0 Å². The van der Waals surface area contributed by atoms with Gasteiger partial charge in [0.15, 0.2) is 0 Å². The van der Waals surface area contributed by atoms with E-state index in [0.29, 0.717) is 27.9 Å². The topological polar surface area (TPSA) is 88.3 Å². The van der Waals surface area contributed by atoms with E-state index in [1.54, 1.807) is 48.5 Å². The van der Waals surface area contributed by atoms with Crippen LogP contribution in [0.15, 0.2) is 75.8 Å². The molecule has 0 aliphatic carbocycles. The number of hydrogen-bond acceptors (Lipinski definition) is 5. The maximum atomic E-state index is 11.6. The van der Waals surface area contributed by atoms with Gasteiger partial charge in [-0.1, -0.05) is 36.4 Å². The number of rotatable bonds is 4. The van der Waals surface area contributed by atoms with Crippen LogP contribution in [0.1, 0.15) is 0 Å². The number of benzene rings is 3. The van der Waals surface area contributed by atoms with Gasteiger partial charge in [-0.2, -0.15) is 13.5 Å². The monoisotopic (exact) mass is 366 g/mol. The van der Waals surface area contributed by atoms with E-state index in [2.05, 4.69) is 10.2 Å². The van der Waals surface area contributed by atoms with E-state index in [1.807, 2.05) is 6.07 Å². The van der Waals surface area contributed by atoms with Crippen molar-refractivity contribution in [1.82, 2.24) is 0 Å². The van der Waals surface area contributed by atoms with Gasteiger partial charge in [0.05, 0.1) is 12.8 Å². The van der Waals surface area contributed by atoms with E-state index in [0.717, 1.165) is 0 Å². The summed E-state index contributed by atoms with van der Waals surface area (Å²) in [5.41, 5.74) is 0.828. The van der Waals surface area contributed by atoms with Gasteiger partial charge in [0.1, 0.15) is 16.3 Å². The second-order valence-corrected chi connectivity index (χ2v) is 6.40. The number of azo groups is 1. The van der Waals surface area contributed by atoms with Crippen LogP contribution in [-0.4, -0.2) is 49.6 Å². The third kappa shape index (κ3) is 4.45. The number of fused-ring (bicyclic) bond motifs is 1. The van der Waals surface area contributed by atoms with Crippen LogP contribution < -0.4 is 4.74 Å². The van der Waals surface area contributed by atoms with Crippen LogP contribution in [0.25, 0.3) is 10.8 Å². The van der Waals surface area contributed by atoms with Gasteiger partial charge in [0.2, 0.25) is 0 Å². The molecule has 8 heteroatoms. The fraction of sp³-hybridized carbons (Fsp3) is 0.0588. The van der Waals surface area contributed by atoms with Crippen LogP contribution in [-0.2, 0) is 10.1 Å². The van der Waals surface area contributed by atoms with Gasteiger partial charge >= 0.3 is 29.6 Å². The molecule has 3 aromatic rings. The van der Waals surface area contributed by atoms with Gasteiger partial charge < -0.3 is 4.74 Å². The zero-order chi connectivity index (χ0) is 17.2. The van der Waals surface area contributed by atoms with Crippen molar-refractivity contribution in [2.75, 3.05) is 7.11 Å². The zero-order valence-corrected chi connectivity index (χ0v) is 13.6. The third-order valence-electron chi connectivity index (χ3n) is 3.44. The van der Waals surface area contributed by atoms with E-state index >= 15 is 0 Å². The van der Waals surface area contributed by atoms with Crippen molar-refractivity contribution in [3.05, 3.63) is 60.7 Å². The molecule has 1 N–H and O–H groups in total. The molecule has 0 aliphatic rings. The maximum absolute atomic E-state index is 11.6. The third-order valence-corrected chi connectivity index (χ3v) is 4.34. The molecule has 0 aliphatic heterocycles. The Bertz CT molecular complexity index is 1040. The summed E-state index contributed by atoms with van der Waals surface area (Å²) < 4.78 is 37.9. The summed E-state index contributed by atoms with van der Waals surface area (Å²) in [6.45, 7) is 0. The molecule has 0 spiro atoms. The predicted molar refractivity (Wildman–Crippen MR) is 98.1 cm³/mol. The van der Waals surface area contributed by atoms with Gasteiger partial charge in [-0.15, -0.1) is 5.11 Å². The summed E-state index contributed by atoms with van der Waals surface area (Å²) in [4.78, 5) is -0.199. The fourth-order valence-corrected chi connectivity index (χ4v) is 3.09. The second-order valence-electron chi connectivity index (χ2n) is 5.01. The van der Waals surface area contributed by atoms with Crippen molar-refractivity contribution >= 4 is 61.8 Å². The molecule has 0 saturated heterocycles. The Balaban J connectivity index is 0.00000225. The zero-order valence-electron chi connectivity index (χ0n) is 12.7. The van der Waals surface area contributed by atoms with Crippen LogP contribution in [0.5, 0.6) is 5.75 Å². The molecule has 124 valence electrons. The Morgan fingerprint density at radius 2 is 1.64 bits per heavy atom. The Morgan fingerprint density at radius 1 is 0.960 bits per heavy atom. The number of ether oxygens (including phenoxy) is 1. The molecule has 6 nitrogen and oxygen atoms in total. The van der Waals surface area contributed by atoms with Gasteiger partial charge in [-0.25, -0.2) is 0 Å². The summed E-state index contributed by atoms with van der Waals surface area (Å²) in [6.07, 6.45) is 0. The first-order valence-electron chi connectivity index (χ1n) is 7.04. The Hall–Kier alpha value is -1.77. The first-order valence-corrected chi connectivity index (χ1v) is 8.48. The fourth-order valence-electron chi connectivity index (χ4n) is 2.36. The molecule has 25 heavy (non-hydrogen) atoms. The quantitative estimate of drug-likeness (QED) is 0.431. The molecule has 0 saturated carbocycles. The number of nitrogens with zero attached hydrogens (tertiary/aromatic N) is 2. The van der Waals surface area contributed by atoms with Crippen molar-refractivity contribution in [2.45, 2.75) is 4.90 Å². The van der Waals surface area contributed by atoms with Crippen molar-refractivity contribution in [2.24, 2.45) is 10.2 Å². The molecule has 0 aromatic heterocycles. The summed E-state index contributed by atoms with van der Waals surface area (Å²) in [7, 11) is -2.85. The van der Waals surface area contributed by atoms with Crippen molar-refractivity contribution < 1.29 is 17.7 Å². The average Bonchev–Trinajstić information content (AvgIpc) is 2.58. The number of para-hydroxylation sites is 1. The average molecular weight is 366 g/mol. The number of methoxy groups -OCH3 is 1. The second kappa shape index (κ2) is 8.07. The molecule has 0 heterocycles. The van der Waals surface area contributed by atoms with E-state index in [-0.39, 0.29) is 34.5 Å². The van der Waals surface area contributed by atoms with Crippen LogP contribution in [0.3, 0.4) is 0 Å². The molecule has 0 unspecified atom stereocenters. The van der Waals surface area contributed by atoms with Crippen LogP contribution in [0.2, 0.25) is 0 Å². The van der Waals surface area contributed by atoms with E-state index in [9.17, 15) is 13.0 Å². The summed E-state index contributed by atoms with van der Waals surface area (Å²) >= 11 is 0. The van der Waals surface area contributed by atoms with E-state index < -0.39 is 10.1 Å². The molecule has 0 atom stereocenters. The van der Waals surface area contributed by atoms with E-state index in [1.165, 1.54) is 13.2 Å². The molecular formula is C17H15N2NaO4S. The number of hydrogen-bond donors (Lipinski definition) is 1. The standard InChI is InChI=1S/C17H14N2O4S.Na.H/c1-23-16-9-5-4-8-15(16)19-18-13-10-12-6-2-3-7-14(12)17(11-13)24(20,21)22;;/h2-11H,1H3,(H,20,21,22);;. The minimum absolute atomic E-state index is 0. The Labute approximate surface area is 167 Å². The Morgan fingerprint density at radius 3 is 2.36 bits per heavy atom. The summed E-state index contributed by atoms with van der Waals surface area (Å²) in [6, 6.07) is 16.9. The normalized spacial score (nSPS) is 11.4. The van der Waals surface area contributed by atoms with Gasteiger partial charge in [-0.3, -0.25) is 4.55 Å². The molecule has 0 radical (unpaired) electrons. The summed E-state index contributed by atoms with van der Waals surface area (Å²) in [5.74, 6) is 0.553. The molecule has 3 rings (SSSR count). The molecular weight excluding hydrogens is 351 g/mol. The minimum atomic E-state index is -4.37. The first kappa shape index (κ1) is 19.6. The van der Waals surface area contributed by atoms with Gasteiger partial charge in [0, 0.05) is 5.39 Å². The predicted octanol–water partition coefficient (Wildman–Crippen LogP) is 3.86. The van der Waals surface area contributed by atoms with Crippen molar-refractivity contribution in [3.8, 4) is 5.75 Å². The Kier molecular flexibility index (Phi) is 6.31. The van der Waals surface area contributed by atoms with Gasteiger partial charge in [0.25, 0.3) is 10.1 Å². The van der Waals surface area contributed by atoms with Crippen molar-refractivity contribution in [1.29, 1.82) is 0 Å². The molecule has 0 bridgehead atoms. The van der Waals surface area contributed by atoms with Gasteiger partial charge in [-0.05, 0) is 29.7 Å². The molecule has 0 amide bonds.